The Morgan fingerprint density at radius 2 is 1.88 bits per heavy atom. The molecule has 1 aliphatic heterocycles. The summed E-state index contributed by atoms with van der Waals surface area (Å²) in [6, 6.07) is 0. The van der Waals surface area contributed by atoms with Gasteiger partial charge in [0.15, 0.2) is 5.79 Å². The van der Waals surface area contributed by atoms with Crippen LogP contribution in [0, 0.1) is 11.8 Å². The zero-order valence-corrected chi connectivity index (χ0v) is 10.1. The number of fused-ring (bicyclic) bond motifs is 1. The Morgan fingerprint density at radius 1 is 1.29 bits per heavy atom. The van der Waals surface area contributed by atoms with Crippen LogP contribution < -0.4 is 0 Å². The van der Waals surface area contributed by atoms with Crippen molar-refractivity contribution in [1.29, 1.82) is 0 Å². The fourth-order valence-electron chi connectivity index (χ4n) is 3.53. The van der Waals surface area contributed by atoms with E-state index in [9.17, 15) is 4.79 Å². The number of hydrogen-bond donors (Lipinski definition) is 0. The summed E-state index contributed by atoms with van der Waals surface area (Å²) < 4.78 is 16.1. The van der Waals surface area contributed by atoms with Crippen LogP contribution in [0.25, 0.3) is 0 Å². The highest BCUT2D eigenvalue weighted by Gasteiger charge is 2.51. The van der Waals surface area contributed by atoms with E-state index >= 15 is 0 Å². The van der Waals surface area contributed by atoms with Crippen molar-refractivity contribution in [2.75, 3.05) is 20.3 Å². The van der Waals surface area contributed by atoms with Crippen LogP contribution in [-0.2, 0) is 19.0 Å². The second-order valence-corrected chi connectivity index (χ2v) is 5.27. The Kier molecular flexibility index (Phi) is 2.71. The van der Waals surface area contributed by atoms with Gasteiger partial charge in [-0.3, -0.25) is 0 Å². The molecule has 3 aliphatic rings. The van der Waals surface area contributed by atoms with Crippen molar-refractivity contribution in [3.8, 4) is 0 Å². The van der Waals surface area contributed by atoms with Crippen molar-refractivity contribution in [3.05, 3.63) is 11.6 Å². The summed E-state index contributed by atoms with van der Waals surface area (Å²) in [4.78, 5) is 11.2. The molecule has 4 heteroatoms. The minimum Gasteiger partial charge on any atom is -0.466 e. The highest BCUT2D eigenvalue weighted by molar-refractivity contribution is 5.82. The van der Waals surface area contributed by atoms with Crippen molar-refractivity contribution in [2.24, 2.45) is 11.8 Å². The van der Waals surface area contributed by atoms with Gasteiger partial charge in [-0.25, -0.2) is 4.79 Å². The third-order valence-electron chi connectivity index (χ3n) is 4.20. The van der Waals surface area contributed by atoms with E-state index < -0.39 is 0 Å². The number of ether oxygens (including phenoxy) is 3. The molecule has 0 aromatic rings. The van der Waals surface area contributed by atoms with Gasteiger partial charge in [-0.2, -0.15) is 0 Å². The fourth-order valence-corrected chi connectivity index (χ4v) is 3.53. The largest absolute Gasteiger partial charge is 0.466 e. The molecule has 0 aromatic heterocycles. The molecule has 0 bridgehead atoms. The lowest BCUT2D eigenvalue weighted by Crippen LogP contribution is -2.26. The van der Waals surface area contributed by atoms with Gasteiger partial charge in [-0.1, -0.05) is 5.57 Å². The van der Waals surface area contributed by atoms with Gasteiger partial charge in [0, 0.05) is 18.9 Å². The fraction of sp³-hybridized carbons (Fsp3) is 0.769. The lowest BCUT2D eigenvalue weighted by atomic mass is 10.0. The molecule has 17 heavy (non-hydrogen) atoms. The van der Waals surface area contributed by atoms with Crippen LogP contribution in [0.15, 0.2) is 11.6 Å². The van der Waals surface area contributed by atoms with E-state index in [1.54, 1.807) is 6.08 Å². The third kappa shape index (κ3) is 2.00. The molecule has 2 atom stereocenters. The van der Waals surface area contributed by atoms with E-state index in [1.165, 1.54) is 12.7 Å². The predicted molar refractivity (Wildman–Crippen MR) is 60.2 cm³/mol. The monoisotopic (exact) mass is 238 g/mol. The SMILES string of the molecule is COC(=O)/C=C1/C[C@@H]2CC3(C[C@@H]2C1)OCCO3. The van der Waals surface area contributed by atoms with Gasteiger partial charge in [0.05, 0.1) is 20.3 Å². The second-order valence-electron chi connectivity index (χ2n) is 5.27. The summed E-state index contributed by atoms with van der Waals surface area (Å²) in [5.41, 5.74) is 1.22. The Morgan fingerprint density at radius 3 is 2.41 bits per heavy atom. The van der Waals surface area contributed by atoms with Crippen LogP contribution >= 0.6 is 0 Å². The Bertz CT molecular complexity index is 336. The molecule has 0 unspecified atom stereocenters. The number of rotatable bonds is 1. The number of carbonyl (C=O) groups excluding carboxylic acids is 1. The lowest BCUT2D eigenvalue weighted by Gasteiger charge is -2.22. The zero-order chi connectivity index (χ0) is 11.9. The lowest BCUT2D eigenvalue weighted by molar-refractivity contribution is -0.154. The van der Waals surface area contributed by atoms with Crippen LogP contribution in [0.5, 0.6) is 0 Å². The molecule has 2 aliphatic carbocycles. The molecule has 0 amide bonds. The van der Waals surface area contributed by atoms with E-state index in [-0.39, 0.29) is 11.8 Å². The first-order valence-corrected chi connectivity index (χ1v) is 6.26. The topological polar surface area (TPSA) is 44.8 Å². The third-order valence-corrected chi connectivity index (χ3v) is 4.20. The number of hydrogen-bond acceptors (Lipinski definition) is 4. The summed E-state index contributed by atoms with van der Waals surface area (Å²) >= 11 is 0. The first-order valence-electron chi connectivity index (χ1n) is 6.26. The molecule has 4 nitrogen and oxygen atoms in total. The quantitative estimate of drug-likeness (QED) is 0.514. The van der Waals surface area contributed by atoms with Gasteiger partial charge in [-0.15, -0.1) is 0 Å². The minimum atomic E-state index is -0.286. The maximum absolute atomic E-state index is 11.2. The first-order chi connectivity index (χ1) is 8.21. The smallest absolute Gasteiger partial charge is 0.330 e. The highest BCUT2D eigenvalue weighted by atomic mass is 16.7. The van der Waals surface area contributed by atoms with Crippen molar-refractivity contribution < 1.29 is 19.0 Å². The van der Waals surface area contributed by atoms with Gasteiger partial charge in [0.25, 0.3) is 0 Å². The summed E-state index contributed by atoms with van der Waals surface area (Å²) in [5, 5.41) is 0. The van der Waals surface area contributed by atoms with Crippen LogP contribution in [0.4, 0.5) is 0 Å². The molecule has 1 spiro atoms. The zero-order valence-electron chi connectivity index (χ0n) is 10.1. The van der Waals surface area contributed by atoms with Crippen LogP contribution in [0.1, 0.15) is 25.7 Å². The molecule has 1 saturated heterocycles. The molecular weight excluding hydrogens is 220 g/mol. The number of methoxy groups -OCH3 is 1. The van der Waals surface area contributed by atoms with Gasteiger partial charge in [0.2, 0.25) is 0 Å². The summed E-state index contributed by atoms with van der Waals surface area (Å²) in [6.45, 7) is 1.45. The highest BCUT2D eigenvalue weighted by Crippen LogP contribution is 2.53. The van der Waals surface area contributed by atoms with E-state index in [4.69, 9.17) is 9.47 Å². The number of carbonyl (C=O) groups is 1. The molecule has 0 aromatic carbocycles. The van der Waals surface area contributed by atoms with E-state index in [1.807, 2.05) is 0 Å². The Labute approximate surface area is 101 Å². The summed E-state index contributed by atoms with van der Waals surface area (Å²) in [6.07, 6.45) is 5.61. The maximum Gasteiger partial charge on any atom is 0.330 e. The molecule has 3 fully saturated rings. The average molecular weight is 238 g/mol. The minimum absolute atomic E-state index is 0.233. The Balaban J connectivity index is 1.65. The first kappa shape index (κ1) is 11.2. The Hall–Kier alpha value is -0.870. The van der Waals surface area contributed by atoms with Gasteiger partial charge < -0.3 is 14.2 Å². The summed E-state index contributed by atoms with van der Waals surface area (Å²) in [7, 11) is 1.42. The van der Waals surface area contributed by atoms with E-state index in [0.717, 1.165) is 38.9 Å². The van der Waals surface area contributed by atoms with Gasteiger partial charge in [-0.05, 0) is 24.7 Å². The van der Waals surface area contributed by atoms with Crippen molar-refractivity contribution >= 4 is 5.97 Å². The number of esters is 1. The maximum atomic E-state index is 11.2. The molecule has 2 saturated carbocycles. The number of allylic oxidation sites excluding steroid dienone is 1. The van der Waals surface area contributed by atoms with Gasteiger partial charge >= 0.3 is 5.97 Å². The van der Waals surface area contributed by atoms with Crippen LogP contribution in [-0.4, -0.2) is 32.1 Å². The molecule has 0 N–H and O–H groups in total. The van der Waals surface area contributed by atoms with E-state index in [0.29, 0.717) is 11.8 Å². The standard InChI is InChI=1S/C13H18O4/c1-15-12(14)6-9-4-10-7-13(8-11(10)5-9)16-2-3-17-13/h6,10-11H,2-5,7-8H2,1H3/b9-6-/t10-,11+/m1/s1. The average Bonchev–Trinajstić information content (AvgIpc) is 2.95. The van der Waals surface area contributed by atoms with Gasteiger partial charge in [0.1, 0.15) is 0 Å². The second kappa shape index (κ2) is 4.10. The van der Waals surface area contributed by atoms with E-state index in [2.05, 4.69) is 4.74 Å². The summed E-state index contributed by atoms with van der Waals surface area (Å²) in [5.74, 6) is 0.711. The van der Waals surface area contributed by atoms with Crippen LogP contribution in [0.3, 0.4) is 0 Å². The molecular formula is C13H18O4. The van der Waals surface area contributed by atoms with Crippen molar-refractivity contribution in [3.63, 3.8) is 0 Å². The normalized spacial score (nSPS) is 36.6. The molecule has 0 radical (unpaired) electrons. The van der Waals surface area contributed by atoms with Crippen molar-refractivity contribution in [2.45, 2.75) is 31.5 Å². The predicted octanol–water partition coefficient (Wildman–Crippen LogP) is 1.65. The van der Waals surface area contributed by atoms with Crippen LogP contribution in [0.2, 0.25) is 0 Å². The molecule has 1 heterocycles. The molecule has 3 rings (SSSR count). The van der Waals surface area contributed by atoms with Crippen molar-refractivity contribution in [1.82, 2.24) is 0 Å². The molecule has 94 valence electrons.